The van der Waals surface area contributed by atoms with Crippen LogP contribution in [0.4, 0.5) is 4.79 Å². The number of carbonyl (C=O) groups is 1. The molecule has 0 spiro atoms. The second-order valence-electron chi connectivity index (χ2n) is 8.06. The van der Waals surface area contributed by atoms with E-state index in [1.54, 1.807) is 0 Å². The Morgan fingerprint density at radius 3 is 2.71 bits per heavy atom. The molecular weight excluding hydrogens is 350 g/mol. The summed E-state index contributed by atoms with van der Waals surface area (Å²) in [6.45, 7) is 6.67. The summed E-state index contributed by atoms with van der Waals surface area (Å²) in [5.74, 6) is 0.960. The zero-order valence-electron chi connectivity index (χ0n) is 16.9. The lowest BCUT2D eigenvalue weighted by atomic mass is 9.89. The smallest absolute Gasteiger partial charge is 0.409 e. The molecule has 150 valence electrons. The molecule has 0 bridgehead atoms. The molecule has 3 rings (SSSR count). The number of rotatable bonds is 6. The van der Waals surface area contributed by atoms with Gasteiger partial charge in [-0.1, -0.05) is 32.0 Å². The lowest BCUT2D eigenvalue weighted by Gasteiger charge is -2.31. The maximum absolute atomic E-state index is 12.1. The topological polar surface area (TPSA) is 68.5 Å². The minimum absolute atomic E-state index is 0.167. The molecule has 28 heavy (non-hydrogen) atoms. The second kappa shape index (κ2) is 9.69. The van der Waals surface area contributed by atoms with Crippen LogP contribution in [0.15, 0.2) is 42.6 Å². The molecule has 0 aliphatic carbocycles. The number of aromatic nitrogens is 1. The highest BCUT2D eigenvalue weighted by atomic mass is 16.6. The van der Waals surface area contributed by atoms with Crippen LogP contribution in [0, 0.1) is 11.8 Å². The Kier molecular flexibility index (Phi) is 7.04. The third-order valence-corrected chi connectivity index (χ3v) is 5.22. The molecule has 0 radical (unpaired) electrons. The van der Waals surface area contributed by atoms with Gasteiger partial charge in [-0.05, 0) is 60.4 Å². The molecular formula is C23H31N3O2. The predicted octanol–water partition coefficient (Wildman–Crippen LogP) is 4.25. The first kappa shape index (κ1) is 20.3. The van der Waals surface area contributed by atoms with Crippen molar-refractivity contribution in [3.05, 3.63) is 53.7 Å². The quantitative estimate of drug-likeness (QED) is 0.812. The van der Waals surface area contributed by atoms with Crippen molar-refractivity contribution in [2.45, 2.75) is 39.7 Å². The molecule has 0 atom stereocenters. The fourth-order valence-electron chi connectivity index (χ4n) is 3.60. The third-order valence-electron chi connectivity index (χ3n) is 5.22. The summed E-state index contributed by atoms with van der Waals surface area (Å²) in [5, 5.41) is 0. The van der Waals surface area contributed by atoms with Crippen LogP contribution in [-0.4, -0.2) is 35.7 Å². The molecule has 1 aromatic carbocycles. The van der Waals surface area contributed by atoms with Gasteiger partial charge < -0.3 is 15.4 Å². The molecule has 1 aliphatic heterocycles. The number of hydrogen-bond donors (Lipinski definition) is 1. The summed E-state index contributed by atoms with van der Waals surface area (Å²) >= 11 is 0. The molecule has 1 fully saturated rings. The van der Waals surface area contributed by atoms with Gasteiger partial charge in [0.25, 0.3) is 0 Å². The Balaban J connectivity index is 1.56. The first-order valence-electron chi connectivity index (χ1n) is 10.2. The van der Waals surface area contributed by atoms with Gasteiger partial charge >= 0.3 is 6.09 Å². The monoisotopic (exact) mass is 381 g/mol. The molecule has 1 aliphatic rings. The fourth-order valence-corrected chi connectivity index (χ4v) is 3.60. The van der Waals surface area contributed by atoms with Crippen molar-refractivity contribution in [2.75, 3.05) is 19.7 Å². The van der Waals surface area contributed by atoms with Crippen LogP contribution in [0.1, 0.15) is 37.8 Å². The van der Waals surface area contributed by atoms with E-state index in [2.05, 4.69) is 49.2 Å². The standard InChI is InChI=1S/C23H31N3O2/c1-17(2)16-28-23(27)26-10-7-18(8-11-26)12-19-4-3-5-21(13-19)22-14-20(15-24)6-9-25-22/h3-6,9,13-14,17-18H,7-8,10-12,15-16,24H2,1-2H3. The summed E-state index contributed by atoms with van der Waals surface area (Å²) in [4.78, 5) is 18.4. The highest BCUT2D eigenvalue weighted by Crippen LogP contribution is 2.25. The van der Waals surface area contributed by atoms with Crippen LogP contribution >= 0.6 is 0 Å². The summed E-state index contributed by atoms with van der Waals surface area (Å²) in [7, 11) is 0. The van der Waals surface area contributed by atoms with Gasteiger partial charge in [-0.3, -0.25) is 4.98 Å². The van der Waals surface area contributed by atoms with Gasteiger partial charge in [-0.15, -0.1) is 0 Å². The number of pyridine rings is 1. The van der Waals surface area contributed by atoms with Crippen molar-refractivity contribution in [2.24, 2.45) is 17.6 Å². The van der Waals surface area contributed by atoms with Crippen molar-refractivity contribution in [3.8, 4) is 11.3 Å². The Bertz CT molecular complexity index is 783. The van der Waals surface area contributed by atoms with Gasteiger partial charge in [-0.25, -0.2) is 4.79 Å². The number of nitrogens with zero attached hydrogens (tertiary/aromatic N) is 2. The van der Waals surface area contributed by atoms with Crippen molar-refractivity contribution in [3.63, 3.8) is 0 Å². The van der Waals surface area contributed by atoms with Crippen LogP contribution in [-0.2, 0) is 17.7 Å². The molecule has 2 aromatic rings. The molecule has 5 heteroatoms. The average molecular weight is 382 g/mol. The van der Waals surface area contributed by atoms with Gasteiger partial charge in [0.1, 0.15) is 0 Å². The minimum Gasteiger partial charge on any atom is -0.449 e. The average Bonchev–Trinajstić information content (AvgIpc) is 2.73. The van der Waals surface area contributed by atoms with E-state index >= 15 is 0 Å². The van der Waals surface area contributed by atoms with Crippen LogP contribution in [0.2, 0.25) is 0 Å². The highest BCUT2D eigenvalue weighted by molar-refractivity contribution is 5.67. The number of likely N-dealkylation sites (tertiary alicyclic amines) is 1. The maximum atomic E-state index is 12.1. The Morgan fingerprint density at radius 1 is 1.21 bits per heavy atom. The van der Waals surface area contributed by atoms with E-state index in [0.717, 1.165) is 49.2 Å². The van der Waals surface area contributed by atoms with Gasteiger partial charge in [0.2, 0.25) is 0 Å². The number of amides is 1. The highest BCUT2D eigenvalue weighted by Gasteiger charge is 2.24. The van der Waals surface area contributed by atoms with Crippen molar-refractivity contribution < 1.29 is 9.53 Å². The number of ether oxygens (including phenoxy) is 1. The van der Waals surface area contributed by atoms with E-state index in [1.165, 1.54) is 5.56 Å². The van der Waals surface area contributed by atoms with E-state index in [4.69, 9.17) is 10.5 Å². The van der Waals surface area contributed by atoms with E-state index in [1.807, 2.05) is 17.2 Å². The number of hydrogen-bond acceptors (Lipinski definition) is 4. The minimum atomic E-state index is -0.167. The summed E-state index contributed by atoms with van der Waals surface area (Å²) < 4.78 is 5.35. The summed E-state index contributed by atoms with van der Waals surface area (Å²) in [6.07, 6.45) is 4.71. The molecule has 1 amide bonds. The molecule has 0 saturated carbocycles. The number of benzene rings is 1. The summed E-state index contributed by atoms with van der Waals surface area (Å²) in [6, 6.07) is 12.6. The maximum Gasteiger partial charge on any atom is 0.409 e. The largest absolute Gasteiger partial charge is 0.449 e. The Hall–Kier alpha value is -2.40. The zero-order chi connectivity index (χ0) is 19.9. The van der Waals surface area contributed by atoms with E-state index in [0.29, 0.717) is 25.0 Å². The summed E-state index contributed by atoms with van der Waals surface area (Å²) in [5.41, 5.74) is 10.3. The number of nitrogens with two attached hydrogens (primary N) is 1. The Morgan fingerprint density at radius 2 is 2.00 bits per heavy atom. The van der Waals surface area contributed by atoms with E-state index < -0.39 is 0 Å². The van der Waals surface area contributed by atoms with Crippen molar-refractivity contribution in [1.82, 2.24) is 9.88 Å². The molecule has 5 nitrogen and oxygen atoms in total. The normalized spacial score (nSPS) is 15.1. The van der Waals surface area contributed by atoms with Crippen LogP contribution in [0.25, 0.3) is 11.3 Å². The lowest BCUT2D eigenvalue weighted by Crippen LogP contribution is -2.39. The molecule has 0 unspecified atom stereocenters. The third kappa shape index (κ3) is 5.55. The van der Waals surface area contributed by atoms with E-state index in [9.17, 15) is 4.79 Å². The SMILES string of the molecule is CC(C)COC(=O)N1CCC(Cc2cccc(-c3cc(CN)ccn3)c2)CC1. The van der Waals surface area contributed by atoms with Crippen LogP contribution in [0.5, 0.6) is 0 Å². The molecule has 2 N–H and O–H groups in total. The van der Waals surface area contributed by atoms with Crippen molar-refractivity contribution >= 4 is 6.09 Å². The van der Waals surface area contributed by atoms with Gasteiger partial charge in [-0.2, -0.15) is 0 Å². The number of piperidine rings is 1. The zero-order valence-corrected chi connectivity index (χ0v) is 16.9. The van der Waals surface area contributed by atoms with Gasteiger partial charge in [0.05, 0.1) is 12.3 Å². The molecule has 2 heterocycles. The lowest BCUT2D eigenvalue weighted by molar-refractivity contribution is 0.0790. The second-order valence-corrected chi connectivity index (χ2v) is 8.06. The Labute approximate surface area is 167 Å². The van der Waals surface area contributed by atoms with E-state index in [-0.39, 0.29) is 6.09 Å². The van der Waals surface area contributed by atoms with Gasteiger partial charge in [0.15, 0.2) is 0 Å². The molecule has 1 aromatic heterocycles. The molecule has 1 saturated heterocycles. The van der Waals surface area contributed by atoms with Gasteiger partial charge in [0, 0.05) is 31.4 Å². The van der Waals surface area contributed by atoms with Crippen molar-refractivity contribution in [1.29, 1.82) is 0 Å². The van der Waals surface area contributed by atoms with Crippen LogP contribution in [0.3, 0.4) is 0 Å². The first-order valence-corrected chi connectivity index (χ1v) is 10.2. The fraction of sp³-hybridized carbons (Fsp3) is 0.478. The first-order chi connectivity index (χ1) is 13.5. The van der Waals surface area contributed by atoms with Crippen LogP contribution < -0.4 is 5.73 Å². The number of carbonyl (C=O) groups excluding carboxylic acids is 1. The predicted molar refractivity (Wildman–Crippen MR) is 112 cm³/mol.